The quantitative estimate of drug-likeness (QED) is 0.361. The highest BCUT2D eigenvalue weighted by atomic mass is 127. The lowest BCUT2D eigenvalue weighted by Crippen LogP contribution is -2.45. The summed E-state index contributed by atoms with van der Waals surface area (Å²) >= 11 is 0. The molecule has 1 aliphatic heterocycles. The molecule has 2 aliphatic carbocycles. The van der Waals surface area contributed by atoms with Gasteiger partial charge in [-0.1, -0.05) is 43.5 Å². The third-order valence-electron chi connectivity index (χ3n) is 6.57. The Hall–Kier alpha value is -1.31. The molecule has 1 aromatic carbocycles. The number of guanidine groups is 1. The second kappa shape index (κ2) is 10.6. The fourth-order valence-electron chi connectivity index (χ4n) is 4.93. The summed E-state index contributed by atoms with van der Waals surface area (Å²) < 4.78 is 0. The molecule has 0 bridgehead atoms. The van der Waals surface area contributed by atoms with Crippen molar-refractivity contribution in [1.82, 2.24) is 15.5 Å². The number of hydrogen-bond donors (Lipinski definition) is 2. The second-order valence-electron chi connectivity index (χ2n) is 8.57. The Bertz CT molecular complexity index is 717. The second-order valence-corrected chi connectivity index (χ2v) is 8.57. The molecular weight excluding hydrogens is 475 g/mol. The lowest BCUT2D eigenvalue weighted by Gasteiger charge is -2.29. The van der Waals surface area contributed by atoms with Gasteiger partial charge < -0.3 is 15.5 Å². The molecule has 3 aliphatic rings. The van der Waals surface area contributed by atoms with Gasteiger partial charge in [0.05, 0.1) is 0 Å². The molecule has 1 aromatic rings. The maximum atomic E-state index is 12.8. The standard InChI is InChI=1S/C23H34N4O.HI/c1-2-24-23(25-15-19-14-18-10-6-7-11-21(18)19)26-20-12-13-27(16-20)22(28)17-8-4-3-5-9-17;/h6-7,10-11,17,19-20H,2-5,8-9,12-16H2,1H3,(H2,24,25,26);1H. The number of nitrogens with zero attached hydrogens (tertiary/aromatic N) is 2. The van der Waals surface area contributed by atoms with Crippen LogP contribution in [-0.4, -0.2) is 49.0 Å². The third-order valence-corrected chi connectivity index (χ3v) is 6.57. The number of amides is 1. The third kappa shape index (κ3) is 5.44. The maximum Gasteiger partial charge on any atom is 0.225 e. The van der Waals surface area contributed by atoms with Crippen LogP contribution in [0.15, 0.2) is 29.3 Å². The lowest BCUT2D eigenvalue weighted by molar-refractivity contribution is -0.135. The van der Waals surface area contributed by atoms with Crippen molar-refractivity contribution in [2.45, 2.75) is 63.8 Å². The number of carbonyl (C=O) groups is 1. The van der Waals surface area contributed by atoms with Gasteiger partial charge in [0.25, 0.3) is 0 Å². The highest BCUT2D eigenvalue weighted by Crippen LogP contribution is 2.34. The number of rotatable bonds is 5. The van der Waals surface area contributed by atoms with Crippen molar-refractivity contribution in [3.05, 3.63) is 35.4 Å². The van der Waals surface area contributed by atoms with Gasteiger partial charge in [0.15, 0.2) is 5.96 Å². The molecule has 2 N–H and O–H groups in total. The predicted molar refractivity (Wildman–Crippen MR) is 129 cm³/mol. The van der Waals surface area contributed by atoms with Crippen molar-refractivity contribution in [3.63, 3.8) is 0 Å². The van der Waals surface area contributed by atoms with Gasteiger partial charge in [0.2, 0.25) is 5.91 Å². The van der Waals surface area contributed by atoms with E-state index in [4.69, 9.17) is 4.99 Å². The zero-order valence-corrected chi connectivity index (χ0v) is 19.9. The van der Waals surface area contributed by atoms with Gasteiger partial charge in [-0.3, -0.25) is 9.79 Å². The summed E-state index contributed by atoms with van der Waals surface area (Å²) in [5.74, 6) is 2.09. The molecule has 2 atom stereocenters. The van der Waals surface area contributed by atoms with Gasteiger partial charge in [0.1, 0.15) is 0 Å². The molecule has 0 spiro atoms. The highest BCUT2D eigenvalue weighted by molar-refractivity contribution is 14.0. The van der Waals surface area contributed by atoms with Crippen LogP contribution in [-0.2, 0) is 11.2 Å². The van der Waals surface area contributed by atoms with E-state index in [1.165, 1.54) is 30.4 Å². The van der Waals surface area contributed by atoms with E-state index in [2.05, 4.69) is 46.7 Å². The topological polar surface area (TPSA) is 56.7 Å². The van der Waals surface area contributed by atoms with Crippen LogP contribution in [0.25, 0.3) is 0 Å². The first-order valence-corrected chi connectivity index (χ1v) is 11.2. The minimum absolute atomic E-state index is 0. The fourth-order valence-corrected chi connectivity index (χ4v) is 4.93. The minimum atomic E-state index is 0. The number of likely N-dealkylation sites (tertiary alicyclic amines) is 1. The number of fused-ring (bicyclic) bond motifs is 1. The molecule has 29 heavy (non-hydrogen) atoms. The molecule has 2 unspecified atom stereocenters. The molecule has 0 radical (unpaired) electrons. The van der Waals surface area contributed by atoms with E-state index in [9.17, 15) is 4.79 Å². The van der Waals surface area contributed by atoms with Crippen LogP contribution in [0.2, 0.25) is 0 Å². The van der Waals surface area contributed by atoms with Gasteiger partial charge in [-0.05, 0) is 43.7 Å². The van der Waals surface area contributed by atoms with Crippen molar-refractivity contribution in [2.24, 2.45) is 10.9 Å². The van der Waals surface area contributed by atoms with E-state index >= 15 is 0 Å². The highest BCUT2D eigenvalue weighted by Gasteiger charge is 2.32. The first kappa shape index (κ1) is 22.4. The number of carbonyl (C=O) groups excluding carboxylic acids is 1. The van der Waals surface area contributed by atoms with Crippen LogP contribution in [0, 0.1) is 5.92 Å². The van der Waals surface area contributed by atoms with Gasteiger partial charge in [-0.2, -0.15) is 0 Å². The molecule has 2 fully saturated rings. The van der Waals surface area contributed by atoms with Crippen molar-refractivity contribution in [1.29, 1.82) is 0 Å². The minimum Gasteiger partial charge on any atom is -0.357 e. The largest absolute Gasteiger partial charge is 0.357 e. The van der Waals surface area contributed by atoms with E-state index in [0.717, 1.165) is 57.8 Å². The van der Waals surface area contributed by atoms with Crippen LogP contribution in [0.3, 0.4) is 0 Å². The van der Waals surface area contributed by atoms with Crippen LogP contribution in [0.1, 0.15) is 62.5 Å². The van der Waals surface area contributed by atoms with Crippen molar-refractivity contribution < 1.29 is 4.79 Å². The molecule has 1 saturated heterocycles. The average molecular weight is 510 g/mol. The first-order chi connectivity index (χ1) is 13.7. The lowest BCUT2D eigenvalue weighted by atomic mass is 9.78. The molecule has 0 aromatic heterocycles. The number of aliphatic imine (C=N–C) groups is 1. The molecule has 1 heterocycles. The maximum absolute atomic E-state index is 12.8. The zero-order chi connectivity index (χ0) is 19.3. The van der Waals surface area contributed by atoms with Gasteiger partial charge in [0, 0.05) is 44.1 Å². The van der Waals surface area contributed by atoms with Crippen LogP contribution >= 0.6 is 24.0 Å². The number of nitrogens with one attached hydrogen (secondary N) is 2. The fraction of sp³-hybridized carbons (Fsp3) is 0.652. The first-order valence-electron chi connectivity index (χ1n) is 11.2. The SMILES string of the molecule is CCNC(=NCC1Cc2ccccc21)NC1CCN(C(=O)C2CCCCC2)C1.I. The predicted octanol–water partition coefficient (Wildman–Crippen LogP) is 3.68. The molecular formula is C23H35IN4O. The Balaban J connectivity index is 0.00000240. The Kier molecular flexibility index (Phi) is 8.21. The molecule has 5 nitrogen and oxygen atoms in total. The smallest absolute Gasteiger partial charge is 0.225 e. The number of halogens is 1. The van der Waals surface area contributed by atoms with Gasteiger partial charge in [-0.15, -0.1) is 24.0 Å². The number of hydrogen-bond acceptors (Lipinski definition) is 2. The van der Waals surface area contributed by atoms with E-state index in [0.29, 0.717) is 17.9 Å². The van der Waals surface area contributed by atoms with E-state index < -0.39 is 0 Å². The number of benzene rings is 1. The van der Waals surface area contributed by atoms with Crippen molar-refractivity contribution in [2.75, 3.05) is 26.2 Å². The van der Waals surface area contributed by atoms with E-state index in [1.54, 1.807) is 0 Å². The van der Waals surface area contributed by atoms with Crippen molar-refractivity contribution >= 4 is 35.8 Å². The molecule has 1 saturated carbocycles. The summed E-state index contributed by atoms with van der Waals surface area (Å²) in [6.45, 7) is 5.46. The van der Waals surface area contributed by atoms with Crippen LogP contribution in [0.4, 0.5) is 0 Å². The summed E-state index contributed by atoms with van der Waals surface area (Å²) in [6, 6.07) is 8.98. The summed E-state index contributed by atoms with van der Waals surface area (Å²) in [7, 11) is 0. The summed E-state index contributed by atoms with van der Waals surface area (Å²) in [5, 5.41) is 6.96. The summed E-state index contributed by atoms with van der Waals surface area (Å²) in [6.07, 6.45) is 8.03. The van der Waals surface area contributed by atoms with Gasteiger partial charge >= 0.3 is 0 Å². The molecule has 4 rings (SSSR count). The normalized spacial score (nSPS) is 24.3. The Labute approximate surface area is 192 Å². The zero-order valence-electron chi connectivity index (χ0n) is 17.5. The Morgan fingerprint density at radius 2 is 1.97 bits per heavy atom. The Morgan fingerprint density at radius 1 is 1.17 bits per heavy atom. The van der Waals surface area contributed by atoms with Crippen LogP contribution in [0.5, 0.6) is 0 Å². The Morgan fingerprint density at radius 3 is 2.72 bits per heavy atom. The van der Waals surface area contributed by atoms with Gasteiger partial charge in [-0.25, -0.2) is 0 Å². The average Bonchev–Trinajstić information content (AvgIpc) is 3.17. The summed E-state index contributed by atoms with van der Waals surface area (Å²) in [4.78, 5) is 19.7. The van der Waals surface area contributed by atoms with Crippen molar-refractivity contribution in [3.8, 4) is 0 Å². The summed E-state index contributed by atoms with van der Waals surface area (Å²) in [5.41, 5.74) is 2.92. The molecule has 1 amide bonds. The van der Waals surface area contributed by atoms with Crippen LogP contribution < -0.4 is 10.6 Å². The monoisotopic (exact) mass is 510 g/mol. The molecule has 160 valence electrons. The van der Waals surface area contributed by atoms with E-state index in [-0.39, 0.29) is 29.9 Å². The molecule has 6 heteroatoms. The van der Waals surface area contributed by atoms with E-state index in [1.807, 2.05) is 0 Å².